The van der Waals surface area contributed by atoms with Gasteiger partial charge in [0, 0.05) is 6.54 Å². The predicted octanol–water partition coefficient (Wildman–Crippen LogP) is 4.37. The maximum Gasteiger partial charge on any atom is 0.238 e. The van der Waals surface area contributed by atoms with E-state index in [1.807, 2.05) is 25.1 Å². The van der Waals surface area contributed by atoms with Gasteiger partial charge in [-0.15, -0.1) is 12.4 Å². The van der Waals surface area contributed by atoms with Gasteiger partial charge in [0.15, 0.2) is 11.5 Å². The molecule has 0 aliphatic rings. The van der Waals surface area contributed by atoms with Crippen molar-refractivity contribution in [1.29, 1.82) is 0 Å². The molecule has 0 unspecified atom stereocenters. The topological polar surface area (TPSA) is 90.6 Å². The Morgan fingerprint density at radius 1 is 0.848 bits per heavy atom. The summed E-state index contributed by atoms with van der Waals surface area (Å²) in [6.07, 6.45) is 0.779. The highest BCUT2D eigenvalue weighted by Crippen LogP contribution is 2.29. The van der Waals surface area contributed by atoms with Crippen LogP contribution in [0.3, 0.4) is 0 Å². The van der Waals surface area contributed by atoms with Gasteiger partial charge in [-0.25, -0.2) is 13.6 Å². The minimum atomic E-state index is -3.65. The van der Waals surface area contributed by atoms with Gasteiger partial charge in [-0.3, -0.25) is 0 Å². The van der Waals surface area contributed by atoms with Gasteiger partial charge in [0.25, 0.3) is 0 Å². The molecule has 33 heavy (non-hydrogen) atoms. The SMILES string of the molecule is CCOc1cc(CNCCc2ccc(S(N)(=O)=O)cc2)ccc1OCc1ccc(C)cc1.Cl. The van der Waals surface area contributed by atoms with E-state index in [-0.39, 0.29) is 17.3 Å². The van der Waals surface area contributed by atoms with E-state index in [1.165, 1.54) is 17.7 Å². The van der Waals surface area contributed by atoms with E-state index < -0.39 is 10.0 Å². The molecule has 0 fully saturated rings. The second kappa shape index (κ2) is 12.6. The Morgan fingerprint density at radius 2 is 1.48 bits per heavy atom. The summed E-state index contributed by atoms with van der Waals surface area (Å²) in [7, 11) is -3.65. The first-order valence-electron chi connectivity index (χ1n) is 10.6. The molecule has 178 valence electrons. The third kappa shape index (κ3) is 8.37. The van der Waals surface area contributed by atoms with Gasteiger partial charge in [0.1, 0.15) is 6.61 Å². The lowest BCUT2D eigenvalue weighted by atomic mass is 10.1. The smallest absolute Gasteiger partial charge is 0.238 e. The average Bonchev–Trinajstić information content (AvgIpc) is 2.77. The minimum absolute atomic E-state index is 0. The Hall–Kier alpha value is -2.58. The van der Waals surface area contributed by atoms with Crippen LogP contribution < -0.4 is 19.9 Å². The lowest BCUT2D eigenvalue weighted by Gasteiger charge is -2.14. The van der Waals surface area contributed by atoms with E-state index in [0.29, 0.717) is 19.8 Å². The fourth-order valence-electron chi connectivity index (χ4n) is 3.21. The molecular formula is C25H31ClN2O4S. The number of sulfonamides is 1. The highest BCUT2D eigenvalue weighted by atomic mass is 35.5. The molecule has 0 atom stereocenters. The number of nitrogens with one attached hydrogen (secondary N) is 1. The highest BCUT2D eigenvalue weighted by molar-refractivity contribution is 7.89. The molecule has 0 saturated heterocycles. The van der Waals surface area contributed by atoms with E-state index in [0.717, 1.165) is 41.2 Å². The molecule has 0 radical (unpaired) electrons. The molecule has 0 spiro atoms. The molecule has 3 aromatic rings. The molecule has 0 aromatic heterocycles. The zero-order chi connectivity index (χ0) is 23.0. The number of rotatable bonds is 11. The molecule has 3 N–H and O–H groups in total. The Kier molecular flexibility index (Phi) is 10.2. The number of halogens is 1. The molecule has 0 aliphatic carbocycles. The quantitative estimate of drug-likeness (QED) is 0.389. The van der Waals surface area contributed by atoms with Crippen LogP contribution in [0.25, 0.3) is 0 Å². The number of hydrogen-bond acceptors (Lipinski definition) is 5. The summed E-state index contributed by atoms with van der Waals surface area (Å²) in [4.78, 5) is 0.127. The fraction of sp³-hybridized carbons (Fsp3) is 0.280. The Morgan fingerprint density at radius 3 is 2.12 bits per heavy atom. The van der Waals surface area contributed by atoms with Gasteiger partial charge in [-0.05, 0) is 67.8 Å². The third-order valence-electron chi connectivity index (χ3n) is 4.99. The lowest BCUT2D eigenvalue weighted by molar-refractivity contribution is 0.269. The van der Waals surface area contributed by atoms with E-state index in [1.54, 1.807) is 12.1 Å². The summed E-state index contributed by atoms with van der Waals surface area (Å²) in [5, 5.41) is 8.54. The Bertz CT molecular complexity index is 1120. The second-order valence-electron chi connectivity index (χ2n) is 7.60. The molecule has 8 heteroatoms. The van der Waals surface area contributed by atoms with Gasteiger partial charge < -0.3 is 14.8 Å². The van der Waals surface area contributed by atoms with Crippen LogP contribution in [0.1, 0.15) is 29.2 Å². The largest absolute Gasteiger partial charge is 0.490 e. The molecule has 0 heterocycles. The maximum absolute atomic E-state index is 11.3. The molecule has 0 amide bonds. The number of hydrogen-bond donors (Lipinski definition) is 2. The normalized spacial score (nSPS) is 11.0. The predicted molar refractivity (Wildman–Crippen MR) is 134 cm³/mol. The van der Waals surface area contributed by atoms with Gasteiger partial charge in [-0.2, -0.15) is 0 Å². The number of ether oxygens (including phenoxy) is 2. The maximum atomic E-state index is 11.3. The van der Waals surface area contributed by atoms with Crippen LogP contribution in [0.5, 0.6) is 11.5 Å². The van der Waals surface area contributed by atoms with Crippen molar-refractivity contribution in [3.8, 4) is 11.5 Å². The van der Waals surface area contributed by atoms with E-state index in [2.05, 4.69) is 36.5 Å². The van der Waals surface area contributed by atoms with Gasteiger partial charge in [0.2, 0.25) is 10.0 Å². The molecular weight excluding hydrogens is 460 g/mol. The lowest BCUT2D eigenvalue weighted by Crippen LogP contribution is -2.17. The van der Waals surface area contributed by atoms with Crippen molar-refractivity contribution in [3.63, 3.8) is 0 Å². The molecule has 3 rings (SSSR count). The third-order valence-corrected chi connectivity index (χ3v) is 5.92. The summed E-state index contributed by atoms with van der Waals surface area (Å²) >= 11 is 0. The summed E-state index contributed by atoms with van der Waals surface area (Å²) < 4.78 is 34.4. The van der Waals surface area contributed by atoms with Crippen molar-refractivity contribution in [3.05, 3.63) is 89.0 Å². The minimum Gasteiger partial charge on any atom is -0.490 e. The van der Waals surface area contributed by atoms with Crippen molar-refractivity contribution in [2.45, 2.75) is 38.3 Å². The van der Waals surface area contributed by atoms with Crippen molar-refractivity contribution in [1.82, 2.24) is 5.32 Å². The average molecular weight is 491 g/mol. The van der Waals surface area contributed by atoms with Crippen LogP contribution in [0, 0.1) is 6.92 Å². The van der Waals surface area contributed by atoms with Crippen LogP contribution in [-0.2, 0) is 29.6 Å². The fourth-order valence-corrected chi connectivity index (χ4v) is 3.72. The van der Waals surface area contributed by atoms with E-state index >= 15 is 0 Å². The molecule has 0 saturated carbocycles. The zero-order valence-corrected chi connectivity index (χ0v) is 20.5. The van der Waals surface area contributed by atoms with Gasteiger partial charge >= 0.3 is 0 Å². The van der Waals surface area contributed by atoms with Crippen LogP contribution in [-0.4, -0.2) is 21.6 Å². The zero-order valence-electron chi connectivity index (χ0n) is 18.9. The van der Waals surface area contributed by atoms with E-state index in [9.17, 15) is 8.42 Å². The van der Waals surface area contributed by atoms with Crippen LogP contribution in [0.4, 0.5) is 0 Å². The van der Waals surface area contributed by atoms with Crippen molar-refractivity contribution in [2.24, 2.45) is 5.14 Å². The van der Waals surface area contributed by atoms with Gasteiger partial charge in [0.05, 0.1) is 11.5 Å². The van der Waals surface area contributed by atoms with E-state index in [4.69, 9.17) is 14.6 Å². The summed E-state index contributed by atoms with van der Waals surface area (Å²) in [6.45, 7) is 6.51. The first-order chi connectivity index (χ1) is 15.3. The number of primary sulfonamides is 1. The summed E-state index contributed by atoms with van der Waals surface area (Å²) in [6, 6.07) is 20.9. The van der Waals surface area contributed by atoms with Crippen LogP contribution >= 0.6 is 12.4 Å². The number of aryl methyl sites for hydroxylation is 1. The highest BCUT2D eigenvalue weighted by Gasteiger charge is 2.08. The van der Waals surface area contributed by atoms with Crippen LogP contribution in [0.2, 0.25) is 0 Å². The molecule has 3 aromatic carbocycles. The van der Waals surface area contributed by atoms with Gasteiger partial charge in [-0.1, -0.05) is 48.0 Å². The van der Waals surface area contributed by atoms with Crippen molar-refractivity contribution in [2.75, 3.05) is 13.2 Å². The second-order valence-corrected chi connectivity index (χ2v) is 9.17. The number of benzene rings is 3. The van der Waals surface area contributed by atoms with Crippen molar-refractivity contribution < 1.29 is 17.9 Å². The summed E-state index contributed by atoms with van der Waals surface area (Å²) in [5.74, 6) is 1.46. The standard InChI is InChI=1S/C25H30N2O4S.ClH/c1-3-30-25-16-22(10-13-24(25)31-18-21-6-4-19(2)5-7-21)17-27-15-14-20-8-11-23(12-9-20)32(26,28)29;/h4-13,16,27H,3,14-15,17-18H2,1-2H3,(H2,26,28,29);1H. The molecule has 0 bridgehead atoms. The first-order valence-corrected chi connectivity index (χ1v) is 12.2. The van der Waals surface area contributed by atoms with Crippen molar-refractivity contribution >= 4 is 22.4 Å². The number of nitrogens with two attached hydrogens (primary N) is 1. The monoisotopic (exact) mass is 490 g/mol. The molecule has 0 aliphatic heterocycles. The van der Waals surface area contributed by atoms with Crippen LogP contribution in [0.15, 0.2) is 71.6 Å². The summed E-state index contributed by atoms with van der Waals surface area (Å²) in [5.41, 5.74) is 4.47. The first kappa shape index (κ1) is 26.7. The Balaban J connectivity index is 0.00000385. The Labute approximate surface area is 202 Å². The molecule has 6 nitrogen and oxygen atoms in total.